The number of likely N-dealkylation sites (N-methyl/N-ethyl adjacent to an activating group) is 1. The van der Waals surface area contributed by atoms with Gasteiger partial charge in [0.05, 0.1) is 23.2 Å². The number of hydrogen-bond donors (Lipinski definition) is 1. The van der Waals surface area contributed by atoms with E-state index >= 15 is 0 Å². The van der Waals surface area contributed by atoms with Crippen molar-refractivity contribution in [1.82, 2.24) is 20.0 Å². The maximum absolute atomic E-state index is 14.3. The number of alkyl halides is 3. The number of fused-ring (bicyclic) bond motifs is 1. The Balaban J connectivity index is 1.55. The number of amides is 3. The van der Waals surface area contributed by atoms with Crippen LogP contribution in [0.4, 0.5) is 23.4 Å². The normalized spacial score (nSPS) is 19.3. The smallest absolute Gasteiger partial charge is 0.339 e. The minimum Gasteiger partial charge on any atom is -0.339 e. The standard InChI is InChI=1S/C34H28F4N6O3/c1-2-43-31-27(29(32(46)42-16-15-20(18-39)19-42)41-44(31)25-9-4-3-5-10-25)26(21-11-13-24(35)14-12-21)28(33(43)47)40-30(45)22-7-6-8-23(17-22)34(36,37)38/h3-14,17,20,26,28H,2,15-16,19H2,1H3,(H,40,45)/t20-,26+,28+/m1/s1. The second-order valence-electron chi connectivity index (χ2n) is 11.3. The van der Waals surface area contributed by atoms with Gasteiger partial charge in [0.15, 0.2) is 5.69 Å². The van der Waals surface area contributed by atoms with Crippen LogP contribution in [0.2, 0.25) is 0 Å². The molecule has 3 amide bonds. The SMILES string of the molecule is CCN1C(=O)[C@@H](NC(=O)c2cccc(C(F)(F)F)c2)[C@@H](c2ccc(F)cc2)c2c(C(=O)N3CC[C@H](C#N)C3)nn(-c3ccccc3)c21. The number of nitrogens with zero attached hydrogens (tertiary/aromatic N) is 5. The van der Waals surface area contributed by atoms with Crippen molar-refractivity contribution in [3.63, 3.8) is 0 Å². The first kappa shape index (κ1) is 31.5. The predicted octanol–water partition coefficient (Wildman–Crippen LogP) is 5.31. The molecule has 0 spiro atoms. The monoisotopic (exact) mass is 644 g/mol. The molecule has 6 rings (SSSR count). The summed E-state index contributed by atoms with van der Waals surface area (Å²) >= 11 is 0. The van der Waals surface area contributed by atoms with Crippen molar-refractivity contribution in [3.05, 3.63) is 113 Å². The number of benzene rings is 3. The van der Waals surface area contributed by atoms with E-state index in [-0.39, 0.29) is 41.6 Å². The third-order valence-electron chi connectivity index (χ3n) is 8.47. The molecule has 0 radical (unpaired) electrons. The highest BCUT2D eigenvalue weighted by atomic mass is 19.4. The molecule has 1 aromatic heterocycles. The van der Waals surface area contributed by atoms with E-state index in [0.29, 0.717) is 30.3 Å². The molecule has 3 atom stereocenters. The Morgan fingerprint density at radius 2 is 1.77 bits per heavy atom. The van der Waals surface area contributed by atoms with Crippen LogP contribution in [0.5, 0.6) is 0 Å². The Morgan fingerprint density at radius 1 is 1.04 bits per heavy atom. The molecule has 2 aliphatic heterocycles. The average molecular weight is 645 g/mol. The summed E-state index contributed by atoms with van der Waals surface area (Å²) in [7, 11) is 0. The first-order valence-corrected chi connectivity index (χ1v) is 14.9. The number of halogens is 4. The highest BCUT2D eigenvalue weighted by molar-refractivity contribution is 6.07. The van der Waals surface area contributed by atoms with Gasteiger partial charge in [0.2, 0.25) is 0 Å². The van der Waals surface area contributed by atoms with Gasteiger partial charge < -0.3 is 10.2 Å². The second-order valence-corrected chi connectivity index (χ2v) is 11.3. The number of para-hydroxylation sites is 1. The lowest BCUT2D eigenvalue weighted by atomic mass is 9.80. The zero-order valence-electron chi connectivity index (χ0n) is 25.0. The van der Waals surface area contributed by atoms with Crippen molar-refractivity contribution in [2.24, 2.45) is 5.92 Å². The number of carbonyl (C=O) groups excluding carboxylic acids is 3. The van der Waals surface area contributed by atoms with E-state index in [4.69, 9.17) is 5.10 Å². The summed E-state index contributed by atoms with van der Waals surface area (Å²) in [6.07, 6.45) is -4.23. The highest BCUT2D eigenvalue weighted by Crippen LogP contribution is 2.44. The molecule has 0 unspecified atom stereocenters. The van der Waals surface area contributed by atoms with Gasteiger partial charge >= 0.3 is 6.18 Å². The average Bonchev–Trinajstić information content (AvgIpc) is 3.71. The second kappa shape index (κ2) is 12.4. The Morgan fingerprint density at radius 3 is 2.40 bits per heavy atom. The van der Waals surface area contributed by atoms with Gasteiger partial charge in [0.1, 0.15) is 17.7 Å². The summed E-state index contributed by atoms with van der Waals surface area (Å²) in [4.78, 5) is 45.0. The molecule has 0 aliphatic carbocycles. The first-order valence-electron chi connectivity index (χ1n) is 14.9. The fraction of sp³-hybridized carbons (Fsp3) is 0.265. The van der Waals surface area contributed by atoms with Crippen LogP contribution in [0.1, 0.15) is 56.8 Å². The molecule has 3 aromatic carbocycles. The number of hydrogen-bond acceptors (Lipinski definition) is 5. The quantitative estimate of drug-likeness (QED) is 0.286. The van der Waals surface area contributed by atoms with Crippen LogP contribution < -0.4 is 10.2 Å². The van der Waals surface area contributed by atoms with Crippen molar-refractivity contribution in [2.75, 3.05) is 24.5 Å². The van der Waals surface area contributed by atoms with E-state index < -0.39 is 47.2 Å². The van der Waals surface area contributed by atoms with Crippen LogP contribution in [-0.2, 0) is 11.0 Å². The molecule has 2 aliphatic rings. The van der Waals surface area contributed by atoms with E-state index in [1.807, 2.05) is 0 Å². The third-order valence-corrected chi connectivity index (χ3v) is 8.47. The molecule has 3 heterocycles. The Bertz CT molecular complexity index is 1880. The fourth-order valence-corrected chi connectivity index (χ4v) is 6.20. The van der Waals surface area contributed by atoms with Gasteiger partial charge in [-0.2, -0.15) is 23.5 Å². The number of carbonyl (C=O) groups is 3. The van der Waals surface area contributed by atoms with Crippen molar-refractivity contribution < 1.29 is 31.9 Å². The van der Waals surface area contributed by atoms with Gasteiger partial charge in [0, 0.05) is 36.7 Å². The van der Waals surface area contributed by atoms with Gasteiger partial charge in [-0.15, -0.1) is 0 Å². The first-order chi connectivity index (χ1) is 22.5. The molecule has 240 valence electrons. The number of likely N-dealkylation sites (tertiary alicyclic amines) is 1. The number of nitriles is 1. The molecule has 0 bridgehead atoms. The highest BCUT2D eigenvalue weighted by Gasteiger charge is 2.48. The topological polar surface area (TPSA) is 111 Å². The van der Waals surface area contributed by atoms with Crippen molar-refractivity contribution in [1.29, 1.82) is 5.26 Å². The van der Waals surface area contributed by atoms with Crippen molar-refractivity contribution >= 4 is 23.5 Å². The number of rotatable bonds is 6. The predicted molar refractivity (Wildman–Crippen MR) is 162 cm³/mol. The van der Waals surface area contributed by atoms with Gasteiger partial charge in [0.25, 0.3) is 17.7 Å². The molecule has 13 heteroatoms. The zero-order chi connectivity index (χ0) is 33.5. The summed E-state index contributed by atoms with van der Waals surface area (Å²) in [5.41, 5.74) is -0.206. The van der Waals surface area contributed by atoms with Crippen molar-refractivity contribution in [3.8, 4) is 11.8 Å². The summed E-state index contributed by atoms with van der Waals surface area (Å²) in [6.45, 7) is 2.27. The summed E-state index contributed by atoms with van der Waals surface area (Å²) < 4.78 is 56.1. The van der Waals surface area contributed by atoms with E-state index in [1.54, 1.807) is 37.3 Å². The van der Waals surface area contributed by atoms with Crippen LogP contribution in [0.15, 0.2) is 78.9 Å². The maximum atomic E-state index is 14.3. The lowest BCUT2D eigenvalue weighted by molar-refractivity contribution is -0.137. The minimum absolute atomic E-state index is 0.0268. The molecule has 9 nitrogen and oxygen atoms in total. The minimum atomic E-state index is -4.71. The van der Waals surface area contributed by atoms with E-state index in [2.05, 4.69) is 11.4 Å². The molecule has 1 saturated heterocycles. The van der Waals surface area contributed by atoms with Gasteiger partial charge in [-0.05, 0) is 61.4 Å². The lowest BCUT2D eigenvalue weighted by Crippen LogP contribution is -2.55. The number of aromatic nitrogens is 2. The lowest BCUT2D eigenvalue weighted by Gasteiger charge is -2.38. The Labute approximate surface area is 267 Å². The summed E-state index contributed by atoms with van der Waals surface area (Å²) in [5.74, 6) is -3.80. The number of anilines is 1. The molecule has 1 fully saturated rings. The Kier molecular flexibility index (Phi) is 8.27. The maximum Gasteiger partial charge on any atom is 0.416 e. The van der Waals surface area contributed by atoms with E-state index in [1.165, 1.54) is 44.8 Å². The van der Waals surface area contributed by atoms with Crippen LogP contribution in [0.25, 0.3) is 5.69 Å². The zero-order valence-corrected chi connectivity index (χ0v) is 25.0. The molecule has 47 heavy (non-hydrogen) atoms. The van der Waals surface area contributed by atoms with E-state index in [9.17, 15) is 37.2 Å². The van der Waals surface area contributed by atoms with E-state index in [0.717, 1.165) is 12.1 Å². The van der Waals surface area contributed by atoms with Crippen molar-refractivity contribution in [2.45, 2.75) is 31.5 Å². The van der Waals surface area contributed by atoms with Gasteiger partial charge in [-0.1, -0.05) is 36.4 Å². The molecular weight excluding hydrogens is 616 g/mol. The van der Waals surface area contributed by atoms with Crippen LogP contribution in [0.3, 0.4) is 0 Å². The molecule has 4 aromatic rings. The largest absolute Gasteiger partial charge is 0.416 e. The van der Waals surface area contributed by atoms with Crippen LogP contribution in [-0.4, -0.2) is 58.1 Å². The molecular formula is C34H28F4N6O3. The van der Waals surface area contributed by atoms with Crippen LogP contribution >= 0.6 is 0 Å². The fourth-order valence-electron chi connectivity index (χ4n) is 6.20. The number of nitrogens with one attached hydrogen (secondary N) is 1. The molecule has 0 saturated carbocycles. The summed E-state index contributed by atoms with van der Waals surface area (Å²) in [5, 5.41) is 16.8. The van der Waals surface area contributed by atoms with Crippen LogP contribution in [0, 0.1) is 23.1 Å². The van der Waals surface area contributed by atoms with Gasteiger partial charge in [-0.25, -0.2) is 9.07 Å². The third kappa shape index (κ3) is 5.82. The van der Waals surface area contributed by atoms with Gasteiger partial charge in [-0.3, -0.25) is 19.3 Å². The Hall–Kier alpha value is -5.51. The summed E-state index contributed by atoms with van der Waals surface area (Å²) in [6, 6.07) is 18.6. The molecule has 1 N–H and O–H groups in total.